The van der Waals surface area contributed by atoms with Crippen molar-refractivity contribution in [1.29, 1.82) is 0 Å². The highest BCUT2D eigenvalue weighted by Crippen LogP contribution is 2.13. The summed E-state index contributed by atoms with van der Waals surface area (Å²) in [7, 11) is -3.33. The molecule has 1 atom stereocenters. The van der Waals surface area contributed by atoms with Gasteiger partial charge < -0.3 is 10.8 Å². The number of aliphatic carboxylic acids is 1. The molecule has 1 rings (SSSR count). The number of nitrogens with two attached hydrogens (primary N) is 1. The van der Waals surface area contributed by atoms with Crippen molar-refractivity contribution in [3.8, 4) is 0 Å². The zero-order valence-electron chi connectivity index (χ0n) is 11.5. The maximum Gasteiger partial charge on any atom is 0.320 e. The predicted molar refractivity (Wildman–Crippen MR) is 91.3 cm³/mol. The Balaban J connectivity index is 2.60. The summed E-state index contributed by atoms with van der Waals surface area (Å²) in [5, 5.41) is 8.74. The zero-order valence-corrected chi connectivity index (χ0v) is 14.4. The largest absolute Gasteiger partial charge is 0.480 e. The van der Waals surface area contributed by atoms with Crippen LogP contribution in [0.1, 0.15) is 18.4 Å². The van der Waals surface area contributed by atoms with Crippen LogP contribution in [-0.4, -0.2) is 35.7 Å². The first-order valence-corrected chi connectivity index (χ1v) is 9.65. The van der Waals surface area contributed by atoms with E-state index < -0.39 is 22.0 Å². The molecule has 1 unspecified atom stereocenters. The summed E-state index contributed by atoms with van der Waals surface area (Å²) < 4.78 is 27.1. The molecule has 0 heterocycles. The number of halogens is 1. The molecule has 0 fully saturated rings. The molecular weight excluding hydrogens is 407 g/mol. The highest BCUT2D eigenvalue weighted by atomic mass is 127. The standard InChI is InChI=1S/C13H19IN2O4S/c14-7-1-2-8-21(19,20)16-11-5-3-10(4-6-11)9-12(15)13(17)18/h3-6,12,16H,1-2,7-9,15H2,(H,17,18). The van der Waals surface area contributed by atoms with Gasteiger partial charge in [-0.25, -0.2) is 8.42 Å². The number of carboxylic acid groups (broad SMARTS) is 1. The van der Waals surface area contributed by atoms with E-state index in [0.29, 0.717) is 12.1 Å². The summed E-state index contributed by atoms with van der Waals surface area (Å²) in [4.78, 5) is 10.7. The maximum atomic E-state index is 11.8. The summed E-state index contributed by atoms with van der Waals surface area (Å²) in [5.41, 5.74) is 6.66. The van der Waals surface area contributed by atoms with E-state index in [0.717, 1.165) is 16.4 Å². The van der Waals surface area contributed by atoms with Crippen LogP contribution in [-0.2, 0) is 21.2 Å². The van der Waals surface area contributed by atoms with Crippen molar-refractivity contribution in [2.24, 2.45) is 5.73 Å². The molecule has 0 radical (unpaired) electrons. The second-order valence-electron chi connectivity index (χ2n) is 4.66. The third kappa shape index (κ3) is 7.09. The van der Waals surface area contributed by atoms with E-state index >= 15 is 0 Å². The van der Waals surface area contributed by atoms with E-state index in [1.807, 2.05) is 0 Å². The van der Waals surface area contributed by atoms with Crippen molar-refractivity contribution in [1.82, 2.24) is 0 Å². The van der Waals surface area contributed by atoms with Gasteiger partial charge in [-0.15, -0.1) is 0 Å². The lowest BCUT2D eigenvalue weighted by Gasteiger charge is -2.10. The van der Waals surface area contributed by atoms with Crippen LogP contribution in [0.3, 0.4) is 0 Å². The minimum Gasteiger partial charge on any atom is -0.480 e. The van der Waals surface area contributed by atoms with Crippen molar-refractivity contribution >= 4 is 44.3 Å². The maximum absolute atomic E-state index is 11.8. The topological polar surface area (TPSA) is 109 Å². The number of sulfonamides is 1. The van der Waals surface area contributed by atoms with E-state index in [4.69, 9.17) is 10.8 Å². The highest BCUT2D eigenvalue weighted by Gasteiger charge is 2.13. The van der Waals surface area contributed by atoms with E-state index in [9.17, 15) is 13.2 Å². The van der Waals surface area contributed by atoms with Gasteiger partial charge in [0.05, 0.1) is 5.75 Å². The normalized spacial score (nSPS) is 12.9. The molecular formula is C13H19IN2O4S. The summed E-state index contributed by atoms with van der Waals surface area (Å²) in [6.45, 7) is 0. The molecule has 118 valence electrons. The van der Waals surface area contributed by atoms with Crippen LogP contribution in [0, 0.1) is 0 Å². The van der Waals surface area contributed by atoms with Crippen molar-refractivity contribution in [3.63, 3.8) is 0 Å². The van der Waals surface area contributed by atoms with Gasteiger partial charge in [-0.3, -0.25) is 9.52 Å². The Kier molecular flexibility index (Phi) is 7.40. The van der Waals surface area contributed by atoms with Crippen LogP contribution in [0.15, 0.2) is 24.3 Å². The fraction of sp³-hybridized carbons (Fsp3) is 0.462. The Morgan fingerprint density at radius 1 is 1.29 bits per heavy atom. The first-order valence-electron chi connectivity index (χ1n) is 6.48. The molecule has 0 aliphatic carbocycles. The Hall–Kier alpha value is -0.870. The molecule has 0 saturated carbocycles. The molecule has 0 saturated heterocycles. The lowest BCUT2D eigenvalue weighted by Crippen LogP contribution is -2.32. The number of rotatable bonds is 9. The van der Waals surface area contributed by atoms with Crippen LogP contribution in [0.5, 0.6) is 0 Å². The van der Waals surface area contributed by atoms with Gasteiger partial charge in [-0.1, -0.05) is 34.7 Å². The minimum atomic E-state index is -3.33. The van der Waals surface area contributed by atoms with E-state index in [-0.39, 0.29) is 12.2 Å². The van der Waals surface area contributed by atoms with Crippen LogP contribution >= 0.6 is 22.6 Å². The number of alkyl halides is 1. The predicted octanol–water partition coefficient (Wildman–Crippen LogP) is 1.60. The molecule has 0 spiro atoms. The van der Waals surface area contributed by atoms with Gasteiger partial charge in [0.2, 0.25) is 10.0 Å². The molecule has 8 heteroatoms. The number of hydrogen-bond donors (Lipinski definition) is 3. The number of carboxylic acids is 1. The minimum absolute atomic E-state index is 0.0989. The number of benzene rings is 1. The smallest absolute Gasteiger partial charge is 0.320 e. The van der Waals surface area contributed by atoms with Gasteiger partial charge >= 0.3 is 5.97 Å². The fourth-order valence-electron chi connectivity index (χ4n) is 1.67. The second-order valence-corrected chi connectivity index (χ2v) is 7.58. The molecule has 1 aromatic carbocycles. The molecule has 4 N–H and O–H groups in total. The zero-order chi connectivity index (χ0) is 15.9. The van der Waals surface area contributed by atoms with Gasteiger partial charge in [-0.05, 0) is 41.4 Å². The Labute approximate surface area is 138 Å². The van der Waals surface area contributed by atoms with Crippen LogP contribution in [0.4, 0.5) is 5.69 Å². The summed E-state index contributed by atoms with van der Waals surface area (Å²) in [5.74, 6) is -0.961. The van der Waals surface area contributed by atoms with Gasteiger partial charge in [0.15, 0.2) is 0 Å². The third-order valence-electron chi connectivity index (χ3n) is 2.80. The lowest BCUT2D eigenvalue weighted by molar-refractivity contribution is -0.138. The number of anilines is 1. The van der Waals surface area contributed by atoms with Gasteiger partial charge in [0.1, 0.15) is 6.04 Å². The summed E-state index contributed by atoms with van der Waals surface area (Å²) in [6, 6.07) is 5.61. The van der Waals surface area contributed by atoms with E-state index in [1.54, 1.807) is 24.3 Å². The molecule has 0 aliphatic rings. The molecule has 0 aromatic heterocycles. The van der Waals surface area contributed by atoms with Crippen LogP contribution in [0.2, 0.25) is 0 Å². The summed E-state index contributed by atoms with van der Waals surface area (Å²) >= 11 is 2.21. The van der Waals surface area contributed by atoms with Crippen molar-refractivity contribution in [3.05, 3.63) is 29.8 Å². The summed E-state index contributed by atoms with van der Waals surface area (Å²) in [6.07, 6.45) is 1.70. The van der Waals surface area contributed by atoms with Crippen LogP contribution in [0.25, 0.3) is 0 Å². The highest BCUT2D eigenvalue weighted by molar-refractivity contribution is 14.1. The van der Waals surface area contributed by atoms with E-state index in [2.05, 4.69) is 27.3 Å². The monoisotopic (exact) mass is 426 g/mol. The first-order chi connectivity index (χ1) is 9.84. The average molecular weight is 426 g/mol. The fourth-order valence-corrected chi connectivity index (χ4v) is 3.39. The Morgan fingerprint density at radius 2 is 1.90 bits per heavy atom. The number of hydrogen-bond acceptors (Lipinski definition) is 4. The lowest BCUT2D eigenvalue weighted by atomic mass is 10.1. The molecule has 0 amide bonds. The molecule has 1 aromatic rings. The molecule has 0 aliphatic heterocycles. The number of carbonyl (C=O) groups is 1. The molecule has 21 heavy (non-hydrogen) atoms. The third-order valence-corrected chi connectivity index (χ3v) is 4.93. The van der Waals surface area contributed by atoms with Crippen molar-refractivity contribution < 1.29 is 18.3 Å². The SMILES string of the molecule is NC(Cc1ccc(NS(=O)(=O)CCCCI)cc1)C(=O)O. The van der Waals surface area contributed by atoms with Crippen LogP contribution < -0.4 is 10.5 Å². The van der Waals surface area contributed by atoms with Crippen molar-refractivity contribution in [2.75, 3.05) is 14.9 Å². The Bertz CT molecular complexity index is 560. The first kappa shape index (κ1) is 18.2. The van der Waals surface area contributed by atoms with Gasteiger partial charge in [0.25, 0.3) is 0 Å². The van der Waals surface area contributed by atoms with E-state index in [1.165, 1.54) is 0 Å². The van der Waals surface area contributed by atoms with Gasteiger partial charge in [0, 0.05) is 5.69 Å². The average Bonchev–Trinajstić information content (AvgIpc) is 2.40. The quantitative estimate of drug-likeness (QED) is 0.316. The Morgan fingerprint density at radius 3 is 2.43 bits per heavy atom. The number of nitrogens with one attached hydrogen (secondary N) is 1. The van der Waals surface area contributed by atoms with Gasteiger partial charge in [-0.2, -0.15) is 0 Å². The molecule has 6 nitrogen and oxygen atoms in total. The van der Waals surface area contributed by atoms with Crippen molar-refractivity contribution in [2.45, 2.75) is 25.3 Å². The molecule has 0 bridgehead atoms. The second kappa shape index (κ2) is 8.54. The number of unbranched alkanes of at least 4 members (excludes halogenated alkanes) is 1.